The number of nitrogens with one attached hydrogen (secondary N) is 1. The number of para-hydroxylation sites is 2. The van der Waals surface area contributed by atoms with E-state index in [2.05, 4.69) is 10.3 Å². The second-order valence-electron chi connectivity index (χ2n) is 6.62. The summed E-state index contributed by atoms with van der Waals surface area (Å²) >= 11 is 1.54. The van der Waals surface area contributed by atoms with Gasteiger partial charge in [-0.1, -0.05) is 65.9 Å². The second kappa shape index (κ2) is 8.32. The zero-order valence-electron chi connectivity index (χ0n) is 16.3. The van der Waals surface area contributed by atoms with Gasteiger partial charge in [-0.25, -0.2) is 4.98 Å². The molecular formula is C23H21N3O2S. The minimum Gasteiger partial charge on any atom is -0.494 e. The minimum atomic E-state index is -0.0953. The van der Waals surface area contributed by atoms with Crippen molar-refractivity contribution in [3.63, 3.8) is 0 Å². The lowest BCUT2D eigenvalue weighted by atomic mass is 10.0. The van der Waals surface area contributed by atoms with Gasteiger partial charge in [0.1, 0.15) is 11.3 Å². The van der Waals surface area contributed by atoms with Crippen molar-refractivity contribution >= 4 is 38.3 Å². The number of hydrogen-bond acceptors (Lipinski definition) is 5. The van der Waals surface area contributed by atoms with Crippen molar-refractivity contribution in [1.82, 2.24) is 4.98 Å². The van der Waals surface area contributed by atoms with E-state index in [0.29, 0.717) is 0 Å². The summed E-state index contributed by atoms with van der Waals surface area (Å²) in [5.41, 5.74) is 3.67. The molecule has 0 atom stereocenters. The largest absolute Gasteiger partial charge is 0.494 e. The van der Waals surface area contributed by atoms with Crippen LogP contribution in [-0.4, -0.2) is 31.6 Å². The van der Waals surface area contributed by atoms with Gasteiger partial charge >= 0.3 is 0 Å². The summed E-state index contributed by atoms with van der Waals surface area (Å²) in [6, 6.07) is 23.7. The number of thiazole rings is 1. The first-order valence-corrected chi connectivity index (χ1v) is 10.1. The molecule has 0 fully saturated rings. The molecule has 4 rings (SSSR count). The quantitative estimate of drug-likeness (QED) is 0.490. The lowest BCUT2D eigenvalue weighted by Crippen LogP contribution is -2.30. The maximum Gasteiger partial charge on any atom is 0.243 e. The second-order valence-corrected chi connectivity index (χ2v) is 7.63. The van der Waals surface area contributed by atoms with Crippen molar-refractivity contribution < 1.29 is 9.53 Å². The highest BCUT2D eigenvalue weighted by atomic mass is 32.1. The van der Waals surface area contributed by atoms with E-state index >= 15 is 0 Å². The first-order chi connectivity index (χ1) is 14.2. The Balaban J connectivity index is 1.51. The predicted molar refractivity (Wildman–Crippen MR) is 120 cm³/mol. The Morgan fingerprint density at radius 1 is 1.03 bits per heavy atom. The number of amides is 1. The van der Waals surface area contributed by atoms with Crippen LogP contribution in [0.2, 0.25) is 0 Å². The van der Waals surface area contributed by atoms with Gasteiger partial charge in [0.25, 0.3) is 0 Å². The average molecular weight is 404 g/mol. The van der Waals surface area contributed by atoms with Gasteiger partial charge in [0.15, 0.2) is 5.13 Å². The fourth-order valence-corrected chi connectivity index (χ4v) is 4.12. The Hall–Kier alpha value is -3.38. The molecule has 1 N–H and O–H groups in total. The maximum atomic E-state index is 12.7. The number of ether oxygens (including phenoxy) is 1. The third-order valence-corrected chi connectivity index (χ3v) is 5.72. The molecule has 5 nitrogen and oxygen atoms in total. The standard InChI is InChI=1S/C23H21N3O2S/c1-26(23-25-22-19(28-2)13-8-14-20(22)29-23)15-21(27)24-18-12-7-6-11-17(18)16-9-4-3-5-10-16/h3-14H,15H2,1-2H3,(H,24,27). The molecule has 6 heteroatoms. The number of carbonyl (C=O) groups excluding carboxylic acids is 1. The van der Waals surface area contributed by atoms with E-state index in [9.17, 15) is 4.79 Å². The monoisotopic (exact) mass is 403 g/mol. The summed E-state index contributed by atoms with van der Waals surface area (Å²) in [4.78, 5) is 19.2. The van der Waals surface area contributed by atoms with Gasteiger partial charge in [0, 0.05) is 18.3 Å². The van der Waals surface area contributed by atoms with Gasteiger partial charge in [-0.2, -0.15) is 0 Å². The van der Waals surface area contributed by atoms with Crippen molar-refractivity contribution in [2.75, 3.05) is 30.9 Å². The van der Waals surface area contributed by atoms with Crippen LogP contribution in [0.25, 0.3) is 21.3 Å². The van der Waals surface area contributed by atoms with E-state index in [4.69, 9.17) is 4.74 Å². The van der Waals surface area contributed by atoms with Gasteiger partial charge < -0.3 is 15.0 Å². The highest BCUT2D eigenvalue weighted by molar-refractivity contribution is 7.22. The van der Waals surface area contributed by atoms with Gasteiger partial charge in [0.05, 0.1) is 18.4 Å². The molecule has 0 aliphatic carbocycles. The average Bonchev–Trinajstić information content (AvgIpc) is 3.19. The van der Waals surface area contributed by atoms with E-state index in [0.717, 1.165) is 37.9 Å². The summed E-state index contributed by atoms with van der Waals surface area (Å²) in [7, 11) is 3.50. The summed E-state index contributed by atoms with van der Waals surface area (Å²) in [6.07, 6.45) is 0. The van der Waals surface area contributed by atoms with Crippen molar-refractivity contribution in [2.45, 2.75) is 0 Å². The molecule has 29 heavy (non-hydrogen) atoms. The van der Waals surface area contributed by atoms with E-state index < -0.39 is 0 Å². The SMILES string of the molecule is COc1cccc2sc(N(C)CC(=O)Nc3ccccc3-c3ccccc3)nc12. The Kier molecular flexibility index (Phi) is 5.44. The number of methoxy groups -OCH3 is 1. The highest BCUT2D eigenvalue weighted by Gasteiger charge is 2.15. The molecule has 0 aliphatic rings. The molecule has 4 aromatic rings. The predicted octanol–water partition coefficient (Wildman–Crippen LogP) is 5.05. The fourth-order valence-electron chi connectivity index (χ4n) is 3.17. The maximum absolute atomic E-state index is 12.7. The lowest BCUT2D eigenvalue weighted by Gasteiger charge is -2.16. The van der Waals surface area contributed by atoms with Crippen LogP contribution in [-0.2, 0) is 4.79 Å². The first kappa shape index (κ1) is 19.0. The van der Waals surface area contributed by atoms with Crippen LogP contribution in [0.5, 0.6) is 5.75 Å². The van der Waals surface area contributed by atoms with Crippen LogP contribution in [0.4, 0.5) is 10.8 Å². The number of carbonyl (C=O) groups is 1. The Bertz CT molecular complexity index is 1140. The number of rotatable bonds is 6. The summed E-state index contributed by atoms with van der Waals surface area (Å²) in [5.74, 6) is 0.641. The van der Waals surface area contributed by atoms with Gasteiger partial charge in [0.2, 0.25) is 5.91 Å². The van der Waals surface area contributed by atoms with Crippen molar-refractivity contribution in [1.29, 1.82) is 0 Å². The molecule has 0 saturated carbocycles. The fraction of sp³-hybridized carbons (Fsp3) is 0.130. The molecule has 0 unspecified atom stereocenters. The molecular weight excluding hydrogens is 382 g/mol. The first-order valence-electron chi connectivity index (χ1n) is 9.24. The number of nitrogens with zero attached hydrogens (tertiary/aromatic N) is 2. The molecule has 1 heterocycles. The van der Waals surface area contributed by atoms with E-state index in [1.54, 1.807) is 7.11 Å². The Labute approximate surface area is 173 Å². The number of anilines is 2. The number of benzene rings is 3. The lowest BCUT2D eigenvalue weighted by molar-refractivity contribution is -0.114. The Morgan fingerprint density at radius 3 is 2.59 bits per heavy atom. The van der Waals surface area contributed by atoms with E-state index in [-0.39, 0.29) is 12.5 Å². The summed E-state index contributed by atoms with van der Waals surface area (Å²) < 4.78 is 6.41. The number of likely N-dealkylation sites (N-methyl/N-ethyl adjacent to an activating group) is 1. The molecule has 3 aromatic carbocycles. The molecule has 0 saturated heterocycles. The molecule has 1 aromatic heterocycles. The van der Waals surface area contributed by atoms with Crippen molar-refractivity contribution in [3.05, 3.63) is 72.8 Å². The van der Waals surface area contributed by atoms with Crippen LogP contribution in [0.1, 0.15) is 0 Å². The van der Waals surface area contributed by atoms with E-state index in [1.807, 2.05) is 84.7 Å². The summed E-state index contributed by atoms with van der Waals surface area (Å²) in [5, 5.41) is 3.81. The molecule has 0 aliphatic heterocycles. The summed E-state index contributed by atoms with van der Waals surface area (Å²) in [6.45, 7) is 0.200. The Morgan fingerprint density at radius 2 is 1.79 bits per heavy atom. The highest BCUT2D eigenvalue weighted by Crippen LogP contribution is 2.33. The molecule has 1 amide bonds. The van der Waals surface area contributed by atoms with E-state index in [1.165, 1.54) is 11.3 Å². The van der Waals surface area contributed by atoms with Gasteiger partial charge in [-0.05, 0) is 23.8 Å². The van der Waals surface area contributed by atoms with Crippen LogP contribution >= 0.6 is 11.3 Å². The smallest absolute Gasteiger partial charge is 0.243 e. The molecule has 0 spiro atoms. The third kappa shape index (κ3) is 4.07. The van der Waals surface area contributed by atoms with Crippen LogP contribution in [0.3, 0.4) is 0 Å². The van der Waals surface area contributed by atoms with Crippen molar-refractivity contribution in [3.8, 4) is 16.9 Å². The number of aromatic nitrogens is 1. The normalized spacial score (nSPS) is 10.7. The zero-order valence-corrected chi connectivity index (χ0v) is 17.1. The molecule has 0 bridgehead atoms. The van der Waals surface area contributed by atoms with Crippen LogP contribution in [0.15, 0.2) is 72.8 Å². The number of fused-ring (bicyclic) bond motifs is 1. The zero-order chi connectivity index (χ0) is 20.2. The van der Waals surface area contributed by atoms with Gasteiger partial charge in [-0.3, -0.25) is 4.79 Å². The third-order valence-electron chi connectivity index (χ3n) is 4.58. The van der Waals surface area contributed by atoms with Gasteiger partial charge in [-0.15, -0.1) is 0 Å². The number of hydrogen-bond donors (Lipinski definition) is 1. The minimum absolute atomic E-state index is 0.0953. The van der Waals surface area contributed by atoms with Crippen molar-refractivity contribution in [2.24, 2.45) is 0 Å². The van der Waals surface area contributed by atoms with Crippen LogP contribution < -0.4 is 15.0 Å². The molecule has 146 valence electrons. The topological polar surface area (TPSA) is 54.5 Å². The molecule has 0 radical (unpaired) electrons. The van der Waals surface area contributed by atoms with Crippen LogP contribution in [0, 0.1) is 0 Å².